The zero-order valence-corrected chi connectivity index (χ0v) is 11.6. The first-order chi connectivity index (χ1) is 9.18. The molecule has 1 saturated heterocycles. The average Bonchev–Trinajstić information content (AvgIpc) is 2.99. The fourth-order valence-corrected chi connectivity index (χ4v) is 2.40. The third-order valence-electron chi connectivity index (χ3n) is 3.84. The van der Waals surface area contributed by atoms with Crippen LogP contribution in [-0.4, -0.2) is 42.1 Å². The summed E-state index contributed by atoms with van der Waals surface area (Å²) < 4.78 is 0. The molecule has 0 radical (unpaired) electrons. The van der Waals surface area contributed by atoms with E-state index in [1.807, 2.05) is 13.0 Å². The number of anilines is 1. The second kappa shape index (κ2) is 6.37. The quantitative estimate of drug-likeness (QED) is 0.721. The van der Waals surface area contributed by atoms with Crippen LogP contribution in [0.5, 0.6) is 0 Å². The summed E-state index contributed by atoms with van der Waals surface area (Å²) >= 11 is 0. The van der Waals surface area contributed by atoms with Gasteiger partial charge in [-0.05, 0) is 31.4 Å². The summed E-state index contributed by atoms with van der Waals surface area (Å²) in [5, 5.41) is 21.9. The van der Waals surface area contributed by atoms with Gasteiger partial charge in [-0.1, -0.05) is 18.2 Å². The van der Waals surface area contributed by atoms with Gasteiger partial charge in [-0.2, -0.15) is 0 Å². The van der Waals surface area contributed by atoms with Gasteiger partial charge in [0.15, 0.2) is 0 Å². The third kappa shape index (κ3) is 3.47. The van der Waals surface area contributed by atoms with E-state index in [1.54, 1.807) is 0 Å². The lowest BCUT2D eigenvalue weighted by Gasteiger charge is -2.28. The Kier molecular flexibility index (Phi) is 4.80. The molecule has 0 bridgehead atoms. The Bertz CT molecular complexity index is 399. The molecule has 0 aliphatic carbocycles. The Hall–Kier alpha value is -1.10. The number of rotatable bonds is 6. The van der Waals surface area contributed by atoms with Gasteiger partial charge in [-0.25, -0.2) is 0 Å². The molecule has 19 heavy (non-hydrogen) atoms. The van der Waals surface area contributed by atoms with Crippen molar-refractivity contribution in [3.63, 3.8) is 0 Å². The van der Waals surface area contributed by atoms with Crippen molar-refractivity contribution in [2.75, 3.05) is 31.2 Å². The molecule has 0 saturated carbocycles. The predicted molar refractivity (Wildman–Crippen MR) is 77.3 cm³/mol. The number of para-hydroxylation sites is 1. The van der Waals surface area contributed by atoms with Gasteiger partial charge < -0.3 is 20.4 Å². The summed E-state index contributed by atoms with van der Waals surface area (Å²) in [4.78, 5) is 2.41. The second-order valence-corrected chi connectivity index (χ2v) is 5.55. The van der Waals surface area contributed by atoms with Gasteiger partial charge in [-0.3, -0.25) is 0 Å². The van der Waals surface area contributed by atoms with E-state index in [1.165, 1.54) is 24.1 Å². The molecule has 0 amide bonds. The maximum Gasteiger partial charge on any atom is 0.0633 e. The van der Waals surface area contributed by atoms with Crippen LogP contribution in [-0.2, 0) is 6.54 Å². The van der Waals surface area contributed by atoms with Crippen molar-refractivity contribution < 1.29 is 10.2 Å². The largest absolute Gasteiger partial charge is 0.394 e. The topological polar surface area (TPSA) is 55.7 Å². The number of aliphatic hydroxyl groups excluding tert-OH is 2. The summed E-state index contributed by atoms with van der Waals surface area (Å²) in [7, 11) is 0. The van der Waals surface area contributed by atoms with Crippen LogP contribution in [0.25, 0.3) is 0 Å². The number of hydrogen-bond acceptors (Lipinski definition) is 4. The van der Waals surface area contributed by atoms with Gasteiger partial charge >= 0.3 is 0 Å². The van der Waals surface area contributed by atoms with Crippen LogP contribution in [0.4, 0.5) is 5.69 Å². The SMILES string of the molecule is CC(CO)(CO)NCc1ccccc1N1CCCC1. The summed E-state index contributed by atoms with van der Waals surface area (Å²) in [6, 6.07) is 8.35. The monoisotopic (exact) mass is 264 g/mol. The Morgan fingerprint density at radius 1 is 1.16 bits per heavy atom. The molecule has 4 heteroatoms. The first kappa shape index (κ1) is 14.3. The van der Waals surface area contributed by atoms with Gasteiger partial charge in [-0.15, -0.1) is 0 Å². The van der Waals surface area contributed by atoms with Crippen molar-refractivity contribution in [1.29, 1.82) is 0 Å². The maximum absolute atomic E-state index is 9.31. The minimum atomic E-state index is -0.627. The normalized spacial score (nSPS) is 16.1. The summed E-state index contributed by atoms with van der Waals surface area (Å²) in [6.07, 6.45) is 2.51. The molecule has 0 atom stereocenters. The molecule has 1 fully saturated rings. The highest BCUT2D eigenvalue weighted by atomic mass is 16.3. The van der Waals surface area contributed by atoms with Crippen molar-refractivity contribution in [1.82, 2.24) is 5.32 Å². The molecule has 0 spiro atoms. The molecular formula is C15H24N2O2. The number of nitrogens with one attached hydrogen (secondary N) is 1. The van der Waals surface area contributed by atoms with Crippen molar-refractivity contribution in [3.05, 3.63) is 29.8 Å². The lowest BCUT2D eigenvalue weighted by atomic mass is 10.0. The van der Waals surface area contributed by atoms with Crippen LogP contribution in [0.2, 0.25) is 0 Å². The van der Waals surface area contributed by atoms with E-state index in [-0.39, 0.29) is 13.2 Å². The molecule has 0 aromatic heterocycles. The molecule has 1 aromatic rings. The highest BCUT2D eigenvalue weighted by molar-refractivity contribution is 5.54. The number of benzene rings is 1. The standard InChI is InChI=1S/C15H24N2O2/c1-15(11-18,12-19)16-10-13-6-2-3-7-14(13)17-8-4-5-9-17/h2-3,6-7,16,18-19H,4-5,8-12H2,1H3. The number of hydrogen-bond donors (Lipinski definition) is 3. The van der Waals surface area contributed by atoms with Gasteiger partial charge in [0.25, 0.3) is 0 Å². The summed E-state index contributed by atoms with van der Waals surface area (Å²) in [5.74, 6) is 0. The Morgan fingerprint density at radius 2 is 1.79 bits per heavy atom. The van der Waals surface area contributed by atoms with Crippen LogP contribution in [0.3, 0.4) is 0 Å². The van der Waals surface area contributed by atoms with Crippen molar-refractivity contribution in [3.8, 4) is 0 Å². The van der Waals surface area contributed by atoms with Crippen LogP contribution in [0.15, 0.2) is 24.3 Å². The predicted octanol–water partition coefficient (Wildman–Crippen LogP) is 1.12. The van der Waals surface area contributed by atoms with Gasteiger partial charge in [0.1, 0.15) is 0 Å². The van der Waals surface area contributed by atoms with E-state index in [0.29, 0.717) is 6.54 Å². The lowest BCUT2D eigenvalue weighted by molar-refractivity contribution is 0.103. The van der Waals surface area contributed by atoms with Crippen LogP contribution < -0.4 is 10.2 Å². The van der Waals surface area contributed by atoms with E-state index in [0.717, 1.165) is 13.1 Å². The summed E-state index contributed by atoms with van der Waals surface area (Å²) in [5.41, 5.74) is 1.86. The van der Waals surface area contributed by atoms with E-state index in [2.05, 4.69) is 28.4 Å². The first-order valence-corrected chi connectivity index (χ1v) is 6.98. The molecule has 106 valence electrons. The zero-order chi connectivity index (χ0) is 13.7. The first-order valence-electron chi connectivity index (χ1n) is 6.98. The van der Waals surface area contributed by atoms with E-state index < -0.39 is 5.54 Å². The molecular weight excluding hydrogens is 240 g/mol. The lowest BCUT2D eigenvalue weighted by Crippen LogP contribution is -2.48. The Labute approximate surface area is 115 Å². The van der Waals surface area contributed by atoms with Gasteiger partial charge in [0, 0.05) is 25.3 Å². The third-order valence-corrected chi connectivity index (χ3v) is 3.84. The number of aliphatic hydroxyl groups is 2. The molecule has 0 unspecified atom stereocenters. The molecule has 1 heterocycles. The fraction of sp³-hybridized carbons (Fsp3) is 0.600. The van der Waals surface area contributed by atoms with Gasteiger partial charge in [0.2, 0.25) is 0 Å². The maximum atomic E-state index is 9.31. The minimum absolute atomic E-state index is 0.0740. The fourth-order valence-electron chi connectivity index (χ4n) is 2.40. The molecule has 1 aromatic carbocycles. The van der Waals surface area contributed by atoms with Crippen molar-refractivity contribution in [2.45, 2.75) is 31.8 Å². The van der Waals surface area contributed by atoms with E-state index in [4.69, 9.17) is 0 Å². The highest BCUT2D eigenvalue weighted by Crippen LogP contribution is 2.24. The number of nitrogens with zero attached hydrogens (tertiary/aromatic N) is 1. The van der Waals surface area contributed by atoms with E-state index >= 15 is 0 Å². The van der Waals surface area contributed by atoms with Crippen LogP contribution in [0.1, 0.15) is 25.3 Å². The highest BCUT2D eigenvalue weighted by Gasteiger charge is 2.22. The van der Waals surface area contributed by atoms with Crippen LogP contribution >= 0.6 is 0 Å². The Balaban J connectivity index is 2.07. The molecule has 2 rings (SSSR count). The molecule has 3 N–H and O–H groups in total. The Morgan fingerprint density at radius 3 is 2.42 bits per heavy atom. The molecule has 4 nitrogen and oxygen atoms in total. The zero-order valence-electron chi connectivity index (χ0n) is 11.6. The van der Waals surface area contributed by atoms with Crippen molar-refractivity contribution >= 4 is 5.69 Å². The van der Waals surface area contributed by atoms with E-state index in [9.17, 15) is 10.2 Å². The smallest absolute Gasteiger partial charge is 0.0633 e. The minimum Gasteiger partial charge on any atom is -0.394 e. The van der Waals surface area contributed by atoms with Gasteiger partial charge in [0.05, 0.1) is 18.8 Å². The van der Waals surface area contributed by atoms with Crippen molar-refractivity contribution in [2.24, 2.45) is 0 Å². The molecule has 1 aliphatic rings. The molecule has 1 aliphatic heterocycles. The average molecular weight is 264 g/mol. The van der Waals surface area contributed by atoms with Crippen LogP contribution in [0, 0.1) is 0 Å². The summed E-state index contributed by atoms with van der Waals surface area (Å²) in [6.45, 7) is 4.57. The second-order valence-electron chi connectivity index (χ2n) is 5.55.